The standard InChI is InChI=1S/C22H16N2O5S/c1-13-3-6-15(7-4-13)23-21(25)20(30-22(23)26)12-16-8-10-19(29-16)17-9-5-14(2)11-18(17)24(27)28/h3-12H,1-2H3/b20-12+. The summed E-state index contributed by atoms with van der Waals surface area (Å²) in [4.78, 5) is 37.4. The lowest BCUT2D eigenvalue weighted by molar-refractivity contribution is -0.384. The Morgan fingerprint density at radius 1 is 1.00 bits per heavy atom. The van der Waals surface area contributed by atoms with Crippen LogP contribution in [0.4, 0.5) is 16.2 Å². The van der Waals surface area contributed by atoms with Crippen LogP contribution in [0, 0.1) is 24.0 Å². The van der Waals surface area contributed by atoms with Gasteiger partial charge in [0.1, 0.15) is 11.5 Å². The number of aryl methyl sites for hydroxylation is 2. The van der Waals surface area contributed by atoms with Crippen molar-refractivity contribution >= 4 is 40.4 Å². The van der Waals surface area contributed by atoms with Crippen LogP contribution in [0.1, 0.15) is 16.9 Å². The van der Waals surface area contributed by atoms with Gasteiger partial charge < -0.3 is 4.42 Å². The molecule has 1 aromatic heterocycles. The molecule has 0 saturated carbocycles. The van der Waals surface area contributed by atoms with Gasteiger partial charge in [-0.15, -0.1) is 0 Å². The fourth-order valence-corrected chi connectivity index (χ4v) is 3.91. The number of nitro benzene ring substituents is 1. The molecule has 7 nitrogen and oxygen atoms in total. The van der Waals surface area contributed by atoms with Gasteiger partial charge in [-0.25, -0.2) is 4.90 Å². The van der Waals surface area contributed by atoms with Gasteiger partial charge in [-0.05, 0) is 61.5 Å². The zero-order valence-corrected chi connectivity index (χ0v) is 16.9. The summed E-state index contributed by atoms with van der Waals surface area (Å²) >= 11 is 0.821. The molecule has 0 radical (unpaired) electrons. The minimum absolute atomic E-state index is 0.0596. The van der Waals surface area contributed by atoms with E-state index in [9.17, 15) is 19.7 Å². The molecule has 2 aromatic carbocycles. The second kappa shape index (κ2) is 7.64. The van der Waals surface area contributed by atoms with E-state index in [0.29, 0.717) is 22.8 Å². The van der Waals surface area contributed by atoms with Gasteiger partial charge in [0.25, 0.3) is 16.8 Å². The molecule has 1 saturated heterocycles. The maximum absolute atomic E-state index is 12.7. The Morgan fingerprint density at radius 3 is 2.40 bits per heavy atom. The number of nitrogens with zero attached hydrogens (tertiary/aromatic N) is 2. The van der Waals surface area contributed by atoms with Gasteiger partial charge in [0, 0.05) is 12.1 Å². The SMILES string of the molecule is Cc1ccc(N2C(=O)S/C(=C/c3ccc(-c4ccc(C)cc4[N+](=O)[O-])o3)C2=O)cc1. The number of hydrogen-bond acceptors (Lipinski definition) is 6. The van der Waals surface area contributed by atoms with E-state index < -0.39 is 16.1 Å². The molecule has 0 atom stereocenters. The number of furan rings is 1. The minimum Gasteiger partial charge on any atom is -0.456 e. The van der Waals surface area contributed by atoms with Crippen molar-refractivity contribution in [1.82, 2.24) is 0 Å². The molecule has 8 heteroatoms. The highest BCUT2D eigenvalue weighted by molar-refractivity contribution is 8.19. The highest BCUT2D eigenvalue weighted by Crippen LogP contribution is 2.37. The van der Waals surface area contributed by atoms with Crippen LogP contribution in [-0.2, 0) is 4.79 Å². The Balaban J connectivity index is 1.64. The highest BCUT2D eigenvalue weighted by Gasteiger charge is 2.36. The van der Waals surface area contributed by atoms with Crippen molar-refractivity contribution < 1.29 is 18.9 Å². The van der Waals surface area contributed by atoms with Crippen LogP contribution >= 0.6 is 11.8 Å². The number of carbonyl (C=O) groups excluding carboxylic acids is 2. The maximum atomic E-state index is 12.7. The topological polar surface area (TPSA) is 93.7 Å². The lowest BCUT2D eigenvalue weighted by Gasteiger charge is -2.12. The van der Waals surface area contributed by atoms with E-state index in [1.165, 1.54) is 12.1 Å². The van der Waals surface area contributed by atoms with Crippen molar-refractivity contribution in [2.75, 3.05) is 4.90 Å². The van der Waals surface area contributed by atoms with E-state index in [2.05, 4.69) is 0 Å². The number of hydrogen-bond donors (Lipinski definition) is 0. The van der Waals surface area contributed by atoms with Crippen molar-refractivity contribution in [3.63, 3.8) is 0 Å². The molecular formula is C22H16N2O5S. The lowest BCUT2D eigenvalue weighted by Crippen LogP contribution is -2.27. The second-order valence-electron chi connectivity index (χ2n) is 6.83. The van der Waals surface area contributed by atoms with Crippen LogP contribution in [0.15, 0.2) is 63.9 Å². The third kappa shape index (κ3) is 3.65. The van der Waals surface area contributed by atoms with Gasteiger partial charge >= 0.3 is 0 Å². The van der Waals surface area contributed by atoms with Crippen LogP contribution in [-0.4, -0.2) is 16.1 Å². The van der Waals surface area contributed by atoms with Crippen molar-refractivity contribution in [2.24, 2.45) is 0 Å². The third-order valence-corrected chi connectivity index (χ3v) is 5.47. The van der Waals surface area contributed by atoms with E-state index >= 15 is 0 Å². The van der Waals surface area contributed by atoms with Gasteiger partial charge in [0.15, 0.2) is 0 Å². The monoisotopic (exact) mass is 420 g/mol. The van der Waals surface area contributed by atoms with Crippen molar-refractivity contribution in [3.8, 4) is 11.3 Å². The first-order valence-electron chi connectivity index (χ1n) is 9.03. The normalized spacial score (nSPS) is 15.3. The van der Waals surface area contributed by atoms with Crippen LogP contribution in [0.5, 0.6) is 0 Å². The second-order valence-corrected chi connectivity index (χ2v) is 7.83. The largest absolute Gasteiger partial charge is 0.456 e. The minimum atomic E-state index is -0.461. The number of benzene rings is 2. The number of thioether (sulfide) groups is 1. The molecule has 1 fully saturated rings. The van der Waals surface area contributed by atoms with E-state index in [1.807, 2.05) is 19.1 Å². The summed E-state index contributed by atoms with van der Waals surface area (Å²) in [5.41, 5.74) is 2.58. The smallest absolute Gasteiger partial charge is 0.298 e. The predicted octanol–water partition coefficient (Wildman–Crippen LogP) is 5.71. The van der Waals surface area contributed by atoms with Crippen molar-refractivity contribution in [1.29, 1.82) is 0 Å². The number of rotatable bonds is 4. The number of anilines is 1. The predicted molar refractivity (Wildman–Crippen MR) is 115 cm³/mol. The van der Waals surface area contributed by atoms with Gasteiger partial charge in [0.05, 0.1) is 21.1 Å². The molecule has 0 aliphatic carbocycles. The van der Waals surface area contributed by atoms with Crippen LogP contribution in [0.2, 0.25) is 0 Å². The summed E-state index contributed by atoms with van der Waals surface area (Å²) in [5, 5.41) is 11.0. The van der Waals surface area contributed by atoms with Gasteiger partial charge in [-0.3, -0.25) is 19.7 Å². The first-order chi connectivity index (χ1) is 14.3. The molecule has 1 aliphatic heterocycles. The van der Waals surface area contributed by atoms with E-state index in [1.54, 1.807) is 43.3 Å². The van der Waals surface area contributed by atoms with Crippen LogP contribution in [0.25, 0.3) is 17.4 Å². The Kier molecular flexibility index (Phi) is 5.01. The molecule has 30 heavy (non-hydrogen) atoms. The molecule has 150 valence electrons. The third-order valence-electron chi connectivity index (χ3n) is 4.60. The number of carbonyl (C=O) groups is 2. The summed E-state index contributed by atoms with van der Waals surface area (Å²) in [5.74, 6) is 0.202. The maximum Gasteiger partial charge on any atom is 0.298 e. The zero-order chi connectivity index (χ0) is 21.4. The zero-order valence-electron chi connectivity index (χ0n) is 16.1. The Bertz CT molecular complexity index is 1210. The lowest BCUT2D eigenvalue weighted by atomic mass is 10.1. The molecule has 2 amide bonds. The Hall–Kier alpha value is -3.65. The van der Waals surface area contributed by atoms with Crippen molar-refractivity contribution in [3.05, 3.63) is 86.5 Å². The van der Waals surface area contributed by atoms with Gasteiger partial charge in [-0.1, -0.05) is 23.8 Å². The van der Waals surface area contributed by atoms with E-state index in [-0.39, 0.29) is 10.6 Å². The molecule has 0 bridgehead atoms. The molecule has 0 spiro atoms. The Labute approximate surface area is 176 Å². The molecule has 4 rings (SSSR count). The summed E-state index contributed by atoms with van der Waals surface area (Å²) in [7, 11) is 0. The molecule has 1 aliphatic rings. The van der Waals surface area contributed by atoms with Gasteiger partial charge in [-0.2, -0.15) is 0 Å². The molecule has 3 aromatic rings. The fourth-order valence-electron chi connectivity index (χ4n) is 3.09. The number of amides is 2. The van der Waals surface area contributed by atoms with Crippen molar-refractivity contribution in [2.45, 2.75) is 13.8 Å². The molecule has 0 N–H and O–H groups in total. The summed E-state index contributed by atoms with van der Waals surface area (Å²) in [6.45, 7) is 3.69. The molecular weight excluding hydrogens is 404 g/mol. The quantitative estimate of drug-likeness (QED) is 0.305. The first-order valence-corrected chi connectivity index (χ1v) is 9.85. The van der Waals surface area contributed by atoms with Gasteiger partial charge in [0.2, 0.25) is 0 Å². The fraction of sp³-hybridized carbons (Fsp3) is 0.0909. The molecule has 0 unspecified atom stereocenters. The highest BCUT2D eigenvalue weighted by atomic mass is 32.2. The van der Waals surface area contributed by atoms with Crippen LogP contribution in [0.3, 0.4) is 0 Å². The summed E-state index contributed by atoms with van der Waals surface area (Å²) in [6, 6.07) is 15.2. The van der Waals surface area contributed by atoms with E-state index in [4.69, 9.17) is 4.42 Å². The molecule has 2 heterocycles. The Morgan fingerprint density at radius 2 is 1.70 bits per heavy atom. The average Bonchev–Trinajstić information content (AvgIpc) is 3.27. The average molecular weight is 420 g/mol. The number of imide groups is 1. The summed E-state index contributed by atoms with van der Waals surface area (Å²) in [6.07, 6.45) is 1.47. The summed E-state index contributed by atoms with van der Waals surface area (Å²) < 4.78 is 5.73. The first kappa shape index (κ1) is 19.7. The number of nitro groups is 1. The van der Waals surface area contributed by atoms with Crippen LogP contribution < -0.4 is 4.90 Å². The van der Waals surface area contributed by atoms with E-state index in [0.717, 1.165) is 27.8 Å².